The van der Waals surface area contributed by atoms with Crippen molar-refractivity contribution < 1.29 is 17.9 Å². The molecule has 8 heteroatoms. The van der Waals surface area contributed by atoms with Crippen molar-refractivity contribution in [2.24, 2.45) is 5.92 Å². The molecule has 1 N–H and O–H groups in total. The molecule has 0 radical (unpaired) electrons. The van der Waals surface area contributed by atoms with Gasteiger partial charge in [-0.3, -0.25) is 0 Å². The van der Waals surface area contributed by atoms with Crippen LogP contribution in [0.2, 0.25) is 0 Å². The van der Waals surface area contributed by atoms with Gasteiger partial charge in [-0.1, -0.05) is 0 Å². The van der Waals surface area contributed by atoms with E-state index in [-0.39, 0.29) is 17.9 Å². The summed E-state index contributed by atoms with van der Waals surface area (Å²) in [6, 6.07) is 0. The standard InChI is InChI=1S/C9H17ClN2O4S/c1-3-16-9(13)11-17(14,15)12(2)6-7-4-8(10)5-7/h7-8H,3-6H2,1-2H3,(H,11,13). The van der Waals surface area contributed by atoms with E-state index in [2.05, 4.69) is 4.74 Å². The molecule has 1 rings (SSSR count). The van der Waals surface area contributed by atoms with E-state index in [0.717, 1.165) is 17.1 Å². The first-order valence-corrected chi connectivity index (χ1v) is 7.27. The van der Waals surface area contributed by atoms with Gasteiger partial charge in [0.2, 0.25) is 0 Å². The van der Waals surface area contributed by atoms with Crippen LogP contribution < -0.4 is 4.72 Å². The Morgan fingerprint density at radius 1 is 1.53 bits per heavy atom. The van der Waals surface area contributed by atoms with Gasteiger partial charge in [-0.05, 0) is 25.7 Å². The second-order valence-corrected chi connectivity index (χ2v) is 6.44. The third kappa shape index (κ3) is 4.33. The van der Waals surface area contributed by atoms with Gasteiger partial charge in [-0.15, -0.1) is 11.6 Å². The Morgan fingerprint density at radius 2 is 2.12 bits per heavy atom. The van der Waals surface area contributed by atoms with Crippen LogP contribution in [0, 0.1) is 5.92 Å². The van der Waals surface area contributed by atoms with Crippen molar-refractivity contribution >= 4 is 27.9 Å². The lowest BCUT2D eigenvalue weighted by Crippen LogP contribution is -2.45. The van der Waals surface area contributed by atoms with Crippen molar-refractivity contribution in [3.63, 3.8) is 0 Å². The molecule has 1 aliphatic carbocycles. The van der Waals surface area contributed by atoms with Crippen LogP contribution >= 0.6 is 11.6 Å². The number of ether oxygens (including phenoxy) is 1. The van der Waals surface area contributed by atoms with E-state index in [1.165, 1.54) is 7.05 Å². The fraction of sp³-hybridized carbons (Fsp3) is 0.889. The molecule has 0 aromatic heterocycles. The third-order valence-electron chi connectivity index (χ3n) is 2.59. The quantitative estimate of drug-likeness (QED) is 0.762. The minimum absolute atomic E-state index is 0.127. The number of hydrogen-bond donors (Lipinski definition) is 1. The molecule has 0 aliphatic heterocycles. The van der Waals surface area contributed by atoms with Crippen LogP contribution in [0.3, 0.4) is 0 Å². The van der Waals surface area contributed by atoms with Gasteiger partial charge < -0.3 is 4.74 Å². The fourth-order valence-corrected chi connectivity index (χ4v) is 2.95. The Morgan fingerprint density at radius 3 is 2.59 bits per heavy atom. The number of nitrogens with zero attached hydrogens (tertiary/aromatic N) is 1. The van der Waals surface area contributed by atoms with E-state index in [9.17, 15) is 13.2 Å². The Kier molecular flexibility index (Phi) is 5.03. The van der Waals surface area contributed by atoms with Gasteiger partial charge in [-0.25, -0.2) is 9.52 Å². The number of amides is 1. The third-order valence-corrected chi connectivity index (χ3v) is 4.34. The molecule has 0 heterocycles. The predicted octanol–water partition coefficient (Wildman–Crippen LogP) is 0.927. The first kappa shape index (κ1) is 14.5. The van der Waals surface area contributed by atoms with Gasteiger partial charge in [0.15, 0.2) is 0 Å². The van der Waals surface area contributed by atoms with Crippen LogP contribution in [-0.2, 0) is 14.9 Å². The van der Waals surface area contributed by atoms with Crippen molar-refractivity contribution in [2.45, 2.75) is 25.1 Å². The monoisotopic (exact) mass is 284 g/mol. The second kappa shape index (κ2) is 5.88. The van der Waals surface area contributed by atoms with Gasteiger partial charge in [0.25, 0.3) is 0 Å². The fourth-order valence-electron chi connectivity index (χ4n) is 1.61. The Hall–Kier alpha value is -0.530. The molecule has 0 spiro atoms. The number of halogens is 1. The second-order valence-electron chi connectivity index (χ2n) is 4.04. The number of hydrogen-bond acceptors (Lipinski definition) is 4. The minimum atomic E-state index is -3.80. The summed E-state index contributed by atoms with van der Waals surface area (Å²) in [5.74, 6) is 0.265. The SMILES string of the molecule is CCOC(=O)NS(=O)(=O)N(C)CC1CC(Cl)C1. The van der Waals surface area contributed by atoms with Gasteiger partial charge in [0, 0.05) is 19.0 Å². The minimum Gasteiger partial charge on any atom is -0.449 e. The normalized spacial score (nSPS) is 24.2. The molecule has 1 amide bonds. The topological polar surface area (TPSA) is 75.7 Å². The van der Waals surface area contributed by atoms with Crippen LogP contribution in [0.1, 0.15) is 19.8 Å². The van der Waals surface area contributed by atoms with Crippen molar-refractivity contribution in [3.05, 3.63) is 0 Å². The van der Waals surface area contributed by atoms with E-state index in [1.54, 1.807) is 6.92 Å². The van der Waals surface area contributed by atoms with Gasteiger partial charge in [0.1, 0.15) is 0 Å². The maximum absolute atomic E-state index is 11.7. The Balaban J connectivity index is 2.43. The van der Waals surface area contributed by atoms with Crippen molar-refractivity contribution in [2.75, 3.05) is 20.2 Å². The van der Waals surface area contributed by atoms with Crippen LogP contribution in [-0.4, -0.2) is 44.4 Å². The number of alkyl halides is 1. The molecule has 0 aromatic carbocycles. The molecule has 1 aliphatic rings. The maximum Gasteiger partial charge on any atom is 0.421 e. The summed E-state index contributed by atoms with van der Waals surface area (Å²) in [6.45, 7) is 2.09. The highest BCUT2D eigenvalue weighted by Gasteiger charge is 2.31. The predicted molar refractivity (Wildman–Crippen MR) is 64.1 cm³/mol. The molecule has 0 unspecified atom stereocenters. The summed E-state index contributed by atoms with van der Waals surface area (Å²) in [4.78, 5) is 11.0. The van der Waals surface area contributed by atoms with E-state index in [4.69, 9.17) is 11.6 Å². The molecular formula is C9H17ClN2O4S. The van der Waals surface area contributed by atoms with Crippen LogP contribution in [0.5, 0.6) is 0 Å². The first-order valence-electron chi connectivity index (χ1n) is 5.40. The van der Waals surface area contributed by atoms with Crippen LogP contribution in [0.15, 0.2) is 0 Å². The van der Waals surface area contributed by atoms with E-state index in [1.807, 2.05) is 4.72 Å². The molecule has 0 bridgehead atoms. The molecule has 0 saturated heterocycles. The van der Waals surface area contributed by atoms with Gasteiger partial charge in [-0.2, -0.15) is 12.7 Å². The highest BCUT2D eigenvalue weighted by atomic mass is 35.5. The molecule has 1 saturated carbocycles. The number of carbonyl (C=O) groups excluding carboxylic acids is 1. The summed E-state index contributed by atoms with van der Waals surface area (Å²) < 4.78 is 30.8. The molecular weight excluding hydrogens is 268 g/mol. The lowest BCUT2D eigenvalue weighted by atomic mass is 9.85. The smallest absolute Gasteiger partial charge is 0.421 e. The summed E-state index contributed by atoms with van der Waals surface area (Å²) >= 11 is 5.81. The molecule has 0 atom stereocenters. The average Bonchev–Trinajstić information content (AvgIpc) is 2.14. The number of nitrogens with one attached hydrogen (secondary N) is 1. The van der Waals surface area contributed by atoms with E-state index in [0.29, 0.717) is 6.54 Å². The highest BCUT2D eigenvalue weighted by molar-refractivity contribution is 7.87. The van der Waals surface area contributed by atoms with Gasteiger partial charge in [0.05, 0.1) is 6.61 Å². The van der Waals surface area contributed by atoms with E-state index < -0.39 is 16.3 Å². The zero-order chi connectivity index (χ0) is 13.1. The summed E-state index contributed by atoms with van der Waals surface area (Å²) in [7, 11) is -2.38. The van der Waals surface area contributed by atoms with Crippen molar-refractivity contribution in [3.8, 4) is 0 Å². The summed E-state index contributed by atoms with van der Waals surface area (Å²) in [6.07, 6.45) is 0.657. The molecule has 6 nitrogen and oxygen atoms in total. The number of rotatable bonds is 5. The van der Waals surface area contributed by atoms with Crippen molar-refractivity contribution in [1.29, 1.82) is 0 Å². The van der Waals surface area contributed by atoms with Gasteiger partial charge >= 0.3 is 16.3 Å². The molecule has 1 fully saturated rings. The zero-order valence-corrected chi connectivity index (χ0v) is 11.4. The van der Waals surface area contributed by atoms with Crippen LogP contribution in [0.25, 0.3) is 0 Å². The summed E-state index contributed by atoms with van der Waals surface area (Å²) in [5.41, 5.74) is 0. The zero-order valence-electron chi connectivity index (χ0n) is 9.85. The number of carbonyl (C=O) groups is 1. The Bertz CT molecular complexity index is 367. The van der Waals surface area contributed by atoms with Crippen LogP contribution in [0.4, 0.5) is 4.79 Å². The highest BCUT2D eigenvalue weighted by Crippen LogP contribution is 2.32. The molecule has 0 aromatic rings. The lowest BCUT2D eigenvalue weighted by Gasteiger charge is -2.33. The lowest BCUT2D eigenvalue weighted by molar-refractivity contribution is 0.158. The maximum atomic E-state index is 11.7. The molecule has 100 valence electrons. The van der Waals surface area contributed by atoms with Crippen molar-refractivity contribution in [1.82, 2.24) is 9.03 Å². The summed E-state index contributed by atoms with van der Waals surface area (Å²) in [5, 5.41) is 0.147. The average molecular weight is 285 g/mol. The Labute approximate surface area is 106 Å². The van der Waals surface area contributed by atoms with E-state index >= 15 is 0 Å². The first-order chi connectivity index (χ1) is 7.85. The largest absolute Gasteiger partial charge is 0.449 e. The molecule has 17 heavy (non-hydrogen) atoms.